The van der Waals surface area contributed by atoms with Crippen molar-refractivity contribution in [3.8, 4) is 23.0 Å². The number of carbonyl (C=O) groups is 2. The van der Waals surface area contributed by atoms with Crippen LogP contribution in [0.1, 0.15) is 31.8 Å². The Bertz CT molecular complexity index is 1190. The molecule has 156 valence electrons. The molecule has 0 unspecified atom stereocenters. The zero-order valence-corrected chi connectivity index (χ0v) is 17.3. The number of methoxy groups -OCH3 is 2. The smallest absolute Gasteiger partial charge is 0.351 e. The van der Waals surface area contributed by atoms with Crippen LogP contribution >= 0.6 is 0 Å². The number of esters is 1. The Balaban J connectivity index is 1.60. The van der Waals surface area contributed by atoms with E-state index in [1.807, 2.05) is 31.2 Å². The van der Waals surface area contributed by atoms with E-state index in [1.165, 1.54) is 20.3 Å². The van der Waals surface area contributed by atoms with Gasteiger partial charge in [-0.2, -0.15) is 0 Å². The number of hydrogen-bond acceptors (Lipinski definition) is 6. The lowest BCUT2D eigenvalue weighted by Gasteiger charge is -2.12. The van der Waals surface area contributed by atoms with Crippen LogP contribution in [0.25, 0.3) is 6.08 Å². The molecule has 0 saturated carbocycles. The normalized spacial score (nSPS) is 13.5. The topological polar surface area (TPSA) is 71.1 Å². The van der Waals surface area contributed by atoms with E-state index in [9.17, 15) is 9.59 Å². The molecular formula is C25H20O6. The van der Waals surface area contributed by atoms with Crippen molar-refractivity contribution >= 4 is 17.8 Å². The van der Waals surface area contributed by atoms with E-state index in [1.54, 1.807) is 36.4 Å². The van der Waals surface area contributed by atoms with Crippen LogP contribution in [0, 0.1) is 6.92 Å². The Kier molecular flexibility index (Phi) is 5.45. The van der Waals surface area contributed by atoms with Gasteiger partial charge in [-0.3, -0.25) is 4.79 Å². The molecule has 0 aliphatic carbocycles. The highest BCUT2D eigenvalue weighted by Gasteiger charge is 2.29. The van der Waals surface area contributed by atoms with Crippen molar-refractivity contribution in [1.82, 2.24) is 0 Å². The molecule has 0 radical (unpaired) electrons. The number of rotatable bonds is 5. The molecule has 6 heteroatoms. The number of ether oxygens (including phenoxy) is 4. The maximum atomic E-state index is 12.8. The van der Waals surface area contributed by atoms with Gasteiger partial charge in [0.1, 0.15) is 28.6 Å². The summed E-state index contributed by atoms with van der Waals surface area (Å²) in [5.74, 6) is 0.598. The largest absolute Gasteiger partial charge is 0.496 e. The van der Waals surface area contributed by atoms with Crippen molar-refractivity contribution in [2.75, 3.05) is 14.2 Å². The molecule has 4 rings (SSSR count). The Morgan fingerprint density at radius 3 is 2.32 bits per heavy atom. The van der Waals surface area contributed by atoms with Crippen LogP contribution in [0.2, 0.25) is 0 Å². The van der Waals surface area contributed by atoms with Crippen LogP contribution < -0.4 is 18.9 Å². The molecule has 0 bridgehead atoms. The van der Waals surface area contributed by atoms with E-state index in [0.29, 0.717) is 22.8 Å². The van der Waals surface area contributed by atoms with Gasteiger partial charge in [-0.05, 0) is 48.4 Å². The van der Waals surface area contributed by atoms with E-state index in [4.69, 9.17) is 18.9 Å². The molecule has 0 N–H and O–H groups in total. The summed E-state index contributed by atoms with van der Waals surface area (Å²) < 4.78 is 21.8. The second-order valence-electron chi connectivity index (χ2n) is 6.88. The first-order chi connectivity index (χ1) is 15.0. The minimum Gasteiger partial charge on any atom is -0.496 e. The van der Waals surface area contributed by atoms with E-state index in [2.05, 4.69) is 0 Å². The van der Waals surface area contributed by atoms with Crippen LogP contribution in [-0.2, 0) is 0 Å². The third kappa shape index (κ3) is 3.88. The third-order valence-electron chi connectivity index (χ3n) is 4.96. The van der Waals surface area contributed by atoms with E-state index in [-0.39, 0.29) is 22.9 Å². The molecule has 0 amide bonds. The van der Waals surface area contributed by atoms with Gasteiger partial charge in [0, 0.05) is 6.07 Å². The summed E-state index contributed by atoms with van der Waals surface area (Å²) >= 11 is 0. The van der Waals surface area contributed by atoms with Crippen LogP contribution in [0.15, 0.2) is 66.4 Å². The van der Waals surface area contributed by atoms with Crippen LogP contribution in [0.4, 0.5) is 0 Å². The molecule has 0 saturated heterocycles. The lowest BCUT2D eigenvalue weighted by Crippen LogP contribution is -2.12. The molecule has 3 aromatic rings. The lowest BCUT2D eigenvalue weighted by molar-refractivity contribution is 0.0727. The summed E-state index contributed by atoms with van der Waals surface area (Å²) in [5, 5.41) is 0. The van der Waals surface area contributed by atoms with Gasteiger partial charge in [0.15, 0.2) is 5.76 Å². The Labute approximate surface area is 179 Å². The monoisotopic (exact) mass is 416 g/mol. The second kappa shape index (κ2) is 8.36. The molecule has 1 aliphatic rings. The van der Waals surface area contributed by atoms with Crippen molar-refractivity contribution in [3.05, 3.63) is 88.7 Å². The molecule has 1 aliphatic heterocycles. The molecule has 31 heavy (non-hydrogen) atoms. The average molecular weight is 416 g/mol. The number of Topliss-reactive ketones (excluding diaryl/α,β-unsaturated/α-hetero) is 1. The quantitative estimate of drug-likeness (QED) is 0.336. The minimum absolute atomic E-state index is 0.171. The molecule has 3 aromatic carbocycles. The van der Waals surface area contributed by atoms with Gasteiger partial charge in [-0.1, -0.05) is 30.3 Å². The molecular weight excluding hydrogens is 396 g/mol. The van der Waals surface area contributed by atoms with Gasteiger partial charge in [-0.15, -0.1) is 0 Å². The molecule has 0 fully saturated rings. The minimum atomic E-state index is -0.644. The van der Waals surface area contributed by atoms with Crippen molar-refractivity contribution in [1.29, 1.82) is 0 Å². The standard InChI is InChI=1S/C25H20O6/c1-15-7-4-5-8-16(15)13-22-24(26)18-12-11-17(14-21(18)31-22)30-25(27)23-19(28-2)9-6-10-20(23)29-3/h4-14H,1-3H3/b22-13-. The van der Waals surface area contributed by atoms with Gasteiger partial charge in [-0.25, -0.2) is 4.79 Å². The van der Waals surface area contributed by atoms with Crippen molar-refractivity contribution in [2.45, 2.75) is 6.92 Å². The lowest BCUT2D eigenvalue weighted by atomic mass is 10.1. The first kappa shape index (κ1) is 20.2. The molecule has 0 spiro atoms. The second-order valence-corrected chi connectivity index (χ2v) is 6.88. The fourth-order valence-electron chi connectivity index (χ4n) is 3.33. The highest BCUT2D eigenvalue weighted by Crippen LogP contribution is 2.36. The Hall–Kier alpha value is -4.06. The molecule has 1 heterocycles. The average Bonchev–Trinajstić information content (AvgIpc) is 3.09. The van der Waals surface area contributed by atoms with E-state index in [0.717, 1.165) is 11.1 Å². The van der Waals surface area contributed by atoms with Crippen molar-refractivity contribution in [2.24, 2.45) is 0 Å². The number of fused-ring (bicyclic) bond motifs is 1. The van der Waals surface area contributed by atoms with Gasteiger partial charge in [0.2, 0.25) is 5.78 Å². The number of hydrogen-bond donors (Lipinski definition) is 0. The zero-order chi connectivity index (χ0) is 22.0. The number of allylic oxidation sites excluding steroid dienone is 1. The summed E-state index contributed by atoms with van der Waals surface area (Å²) in [5.41, 5.74) is 2.51. The number of ketones is 1. The fraction of sp³-hybridized carbons (Fsp3) is 0.120. The SMILES string of the molecule is COc1cccc(OC)c1C(=O)Oc1ccc2c(c1)O/C(=C\c1ccccc1C)C2=O. The maximum Gasteiger partial charge on any atom is 0.351 e. The summed E-state index contributed by atoms with van der Waals surface area (Å²) in [6.45, 7) is 1.96. The van der Waals surface area contributed by atoms with Crippen LogP contribution in [0.3, 0.4) is 0 Å². The first-order valence-electron chi connectivity index (χ1n) is 9.59. The van der Waals surface area contributed by atoms with Crippen molar-refractivity contribution in [3.63, 3.8) is 0 Å². The highest BCUT2D eigenvalue weighted by molar-refractivity contribution is 6.14. The molecule has 0 atom stereocenters. The number of carbonyl (C=O) groups excluding carboxylic acids is 2. The van der Waals surface area contributed by atoms with Gasteiger partial charge in [0.05, 0.1) is 19.8 Å². The Morgan fingerprint density at radius 2 is 1.65 bits per heavy atom. The summed E-state index contributed by atoms with van der Waals surface area (Å²) in [6, 6.07) is 17.4. The summed E-state index contributed by atoms with van der Waals surface area (Å²) in [4.78, 5) is 25.5. The van der Waals surface area contributed by atoms with Gasteiger partial charge in [0.25, 0.3) is 0 Å². The summed E-state index contributed by atoms with van der Waals surface area (Å²) in [7, 11) is 2.92. The predicted molar refractivity (Wildman–Crippen MR) is 115 cm³/mol. The number of aryl methyl sites for hydroxylation is 1. The molecule has 0 aromatic heterocycles. The van der Waals surface area contributed by atoms with Crippen LogP contribution in [0.5, 0.6) is 23.0 Å². The van der Waals surface area contributed by atoms with Gasteiger partial charge < -0.3 is 18.9 Å². The maximum absolute atomic E-state index is 12.8. The zero-order valence-electron chi connectivity index (χ0n) is 17.3. The Morgan fingerprint density at radius 1 is 0.935 bits per heavy atom. The van der Waals surface area contributed by atoms with Crippen molar-refractivity contribution < 1.29 is 28.5 Å². The van der Waals surface area contributed by atoms with E-state index >= 15 is 0 Å². The third-order valence-corrected chi connectivity index (χ3v) is 4.96. The van der Waals surface area contributed by atoms with E-state index < -0.39 is 5.97 Å². The molecule has 6 nitrogen and oxygen atoms in total. The van der Waals surface area contributed by atoms with Gasteiger partial charge >= 0.3 is 5.97 Å². The first-order valence-corrected chi connectivity index (χ1v) is 9.59. The number of benzene rings is 3. The predicted octanol–water partition coefficient (Wildman–Crippen LogP) is 4.85. The summed E-state index contributed by atoms with van der Waals surface area (Å²) in [6.07, 6.45) is 1.71. The highest BCUT2D eigenvalue weighted by atomic mass is 16.5. The van der Waals surface area contributed by atoms with Crippen LogP contribution in [-0.4, -0.2) is 26.0 Å². The fourth-order valence-corrected chi connectivity index (χ4v) is 3.33.